The minimum absolute atomic E-state index is 0.869. The number of benzene rings is 3. The molecular formula is C26H22N2. The van der Waals surface area contributed by atoms with Crippen LogP contribution in [-0.2, 0) is 6.42 Å². The average molecular weight is 362 g/mol. The fourth-order valence-electron chi connectivity index (χ4n) is 4.11. The number of hydrogen-bond acceptors (Lipinski definition) is 1. The Bertz CT molecular complexity index is 1220. The molecule has 136 valence electrons. The van der Waals surface area contributed by atoms with Crippen LogP contribution < -0.4 is 4.90 Å². The second-order valence-corrected chi connectivity index (χ2v) is 7.22. The third kappa shape index (κ3) is 2.57. The van der Waals surface area contributed by atoms with Crippen molar-refractivity contribution in [3.8, 4) is 0 Å². The fraction of sp³-hybridized carbons (Fsp3) is 0.0769. The molecule has 2 heteroatoms. The smallest absolute Gasteiger partial charge is 0.0540 e. The molecule has 1 aliphatic rings. The molecule has 0 fully saturated rings. The van der Waals surface area contributed by atoms with E-state index in [1.54, 1.807) is 0 Å². The second-order valence-electron chi connectivity index (χ2n) is 7.22. The quantitative estimate of drug-likeness (QED) is 0.380. The largest absolute Gasteiger partial charge is 0.345 e. The van der Waals surface area contributed by atoms with E-state index in [1.807, 2.05) is 0 Å². The van der Waals surface area contributed by atoms with Gasteiger partial charge in [0.15, 0.2) is 0 Å². The number of anilines is 1. The summed E-state index contributed by atoms with van der Waals surface area (Å²) < 4.78 is 2.36. The van der Waals surface area contributed by atoms with Crippen LogP contribution in [0.15, 0.2) is 103 Å². The van der Waals surface area contributed by atoms with Crippen LogP contribution >= 0.6 is 0 Å². The molecule has 0 spiro atoms. The standard InChI is InChI=1S/C26H22N2/c1-19-15-17-21(18-16-20-9-3-6-12-24(20)27(19)2)28-25-13-7-4-10-22(25)23-11-5-8-14-26(23)28/h3-15,17-18H,1,16H2,2H3/b17-15-,21-18+. The molecule has 0 saturated carbocycles. The van der Waals surface area contributed by atoms with E-state index in [1.165, 1.54) is 38.8 Å². The van der Waals surface area contributed by atoms with Gasteiger partial charge in [0.25, 0.3) is 0 Å². The van der Waals surface area contributed by atoms with Crippen molar-refractivity contribution in [3.05, 3.63) is 109 Å². The highest BCUT2D eigenvalue weighted by molar-refractivity contribution is 6.10. The monoisotopic (exact) mass is 362 g/mol. The lowest BCUT2D eigenvalue weighted by Gasteiger charge is -2.21. The third-order valence-corrected chi connectivity index (χ3v) is 5.60. The minimum Gasteiger partial charge on any atom is -0.345 e. The van der Waals surface area contributed by atoms with Crippen molar-refractivity contribution < 1.29 is 0 Å². The van der Waals surface area contributed by atoms with Crippen LogP contribution in [0.1, 0.15) is 5.56 Å². The maximum Gasteiger partial charge on any atom is 0.0540 e. The van der Waals surface area contributed by atoms with Gasteiger partial charge in [-0.1, -0.05) is 67.3 Å². The topological polar surface area (TPSA) is 8.17 Å². The molecule has 28 heavy (non-hydrogen) atoms. The number of hydrogen-bond donors (Lipinski definition) is 0. The molecule has 0 unspecified atom stereocenters. The van der Waals surface area contributed by atoms with Crippen LogP contribution in [-0.4, -0.2) is 11.6 Å². The molecule has 0 bridgehead atoms. The number of aromatic nitrogens is 1. The van der Waals surface area contributed by atoms with Crippen molar-refractivity contribution >= 4 is 33.2 Å². The summed E-state index contributed by atoms with van der Waals surface area (Å²) in [6.45, 7) is 4.28. The van der Waals surface area contributed by atoms with Gasteiger partial charge in [0, 0.05) is 34.9 Å². The van der Waals surface area contributed by atoms with Crippen LogP contribution in [0, 0.1) is 0 Å². The maximum absolute atomic E-state index is 4.28. The van der Waals surface area contributed by atoms with Crippen molar-refractivity contribution in [1.29, 1.82) is 0 Å². The predicted octanol–water partition coefficient (Wildman–Crippen LogP) is 6.40. The Hall–Kier alpha value is -3.52. The number of likely N-dealkylation sites (N-methyl/N-ethyl adjacent to an activating group) is 1. The van der Waals surface area contributed by atoms with Gasteiger partial charge < -0.3 is 9.47 Å². The van der Waals surface area contributed by atoms with E-state index < -0.39 is 0 Å². The number of rotatable bonds is 1. The molecule has 0 saturated heterocycles. The van der Waals surface area contributed by atoms with Crippen molar-refractivity contribution in [3.63, 3.8) is 0 Å². The van der Waals surface area contributed by atoms with Gasteiger partial charge >= 0.3 is 0 Å². The highest BCUT2D eigenvalue weighted by Gasteiger charge is 2.14. The molecule has 4 aromatic rings. The van der Waals surface area contributed by atoms with Crippen LogP contribution in [0.2, 0.25) is 0 Å². The normalized spacial score (nSPS) is 17.5. The van der Waals surface area contributed by atoms with Gasteiger partial charge in [-0.05, 0) is 42.3 Å². The highest BCUT2D eigenvalue weighted by atomic mass is 15.1. The molecule has 0 aliphatic carbocycles. The van der Waals surface area contributed by atoms with E-state index in [-0.39, 0.29) is 0 Å². The molecule has 0 amide bonds. The number of para-hydroxylation sites is 3. The van der Waals surface area contributed by atoms with Crippen LogP contribution in [0.4, 0.5) is 5.69 Å². The zero-order chi connectivity index (χ0) is 19.1. The zero-order valence-electron chi connectivity index (χ0n) is 16.0. The van der Waals surface area contributed by atoms with Gasteiger partial charge in [-0.15, -0.1) is 0 Å². The first-order chi connectivity index (χ1) is 13.7. The molecule has 0 N–H and O–H groups in total. The first kappa shape index (κ1) is 16.6. The van der Waals surface area contributed by atoms with E-state index in [2.05, 4.69) is 114 Å². The van der Waals surface area contributed by atoms with Crippen LogP contribution in [0.3, 0.4) is 0 Å². The summed E-state index contributed by atoms with van der Waals surface area (Å²) in [6.07, 6.45) is 7.48. The first-order valence-electron chi connectivity index (χ1n) is 9.61. The summed E-state index contributed by atoms with van der Waals surface area (Å²) >= 11 is 0. The van der Waals surface area contributed by atoms with Gasteiger partial charge in [-0.3, -0.25) is 0 Å². The van der Waals surface area contributed by atoms with Crippen molar-refractivity contribution in [1.82, 2.24) is 4.57 Å². The maximum atomic E-state index is 4.28. The molecule has 2 nitrogen and oxygen atoms in total. The molecule has 0 radical (unpaired) electrons. The molecule has 3 aromatic carbocycles. The first-order valence-corrected chi connectivity index (χ1v) is 9.61. The van der Waals surface area contributed by atoms with E-state index in [4.69, 9.17) is 0 Å². The minimum atomic E-state index is 0.869. The number of fused-ring (bicyclic) bond motifs is 4. The van der Waals surface area contributed by atoms with E-state index in [0.29, 0.717) is 0 Å². The fourth-order valence-corrected chi connectivity index (χ4v) is 4.11. The summed E-state index contributed by atoms with van der Waals surface area (Å²) in [4.78, 5) is 2.16. The SMILES string of the molecule is C=C1/C=C\C(n2c3ccccc3c3ccccc32)=C/Cc2ccccc2N1C. The highest BCUT2D eigenvalue weighted by Crippen LogP contribution is 2.33. The van der Waals surface area contributed by atoms with Gasteiger partial charge in [-0.2, -0.15) is 0 Å². The summed E-state index contributed by atoms with van der Waals surface area (Å²) in [7, 11) is 2.08. The zero-order valence-corrected chi connectivity index (χ0v) is 16.0. The van der Waals surface area contributed by atoms with Crippen LogP contribution in [0.25, 0.3) is 27.5 Å². The van der Waals surface area contributed by atoms with Gasteiger partial charge in [0.05, 0.1) is 11.0 Å². The Morgan fingerprint density at radius 2 is 1.36 bits per heavy atom. The van der Waals surface area contributed by atoms with Crippen LogP contribution in [0.5, 0.6) is 0 Å². The predicted molar refractivity (Wildman–Crippen MR) is 121 cm³/mol. The molecule has 1 aliphatic heterocycles. The van der Waals surface area contributed by atoms with Crippen molar-refractivity contribution in [2.75, 3.05) is 11.9 Å². The van der Waals surface area contributed by atoms with Crippen molar-refractivity contribution in [2.45, 2.75) is 6.42 Å². The Morgan fingerprint density at radius 1 is 0.750 bits per heavy atom. The third-order valence-electron chi connectivity index (χ3n) is 5.60. The number of allylic oxidation sites excluding steroid dienone is 4. The Morgan fingerprint density at radius 3 is 2.07 bits per heavy atom. The van der Waals surface area contributed by atoms with E-state index in [0.717, 1.165) is 12.1 Å². The van der Waals surface area contributed by atoms with Crippen molar-refractivity contribution in [2.24, 2.45) is 0 Å². The molecular weight excluding hydrogens is 340 g/mol. The summed E-state index contributed by atoms with van der Waals surface area (Å²) in [6, 6.07) is 25.8. The lowest BCUT2D eigenvalue weighted by molar-refractivity contribution is 1.11. The second kappa shape index (κ2) is 6.58. The van der Waals surface area contributed by atoms with Gasteiger partial charge in [-0.25, -0.2) is 0 Å². The van der Waals surface area contributed by atoms with Gasteiger partial charge in [0.1, 0.15) is 0 Å². The Labute approximate surface area is 165 Å². The average Bonchev–Trinajstić information content (AvgIpc) is 3.09. The molecule has 2 heterocycles. The van der Waals surface area contributed by atoms with Gasteiger partial charge in [0.2, 0.25) is 0 Å². The lowest BCUT2D eigenvalue weighted by atomic mass is 10.1. The summed E-state index contributed by atoms with van der Waals surface area (Å²) in [5.74, 6) is 0. The summed E-state index contributed by atoms with van der Waals surface area (Å²) in [5, 5.41) is 2.56. The Balaban J connectivity index is 1.77. The number of nitrogens with zero attached hydrogens (tertiary/aromatic N) is 2. The molecule has 0 atom stereocenters. The Kier molecular flexibility index (Phi) is 3.91. The lowest BCUT2D eigenvalue weighted by Crippen LogP contribution is -2.15. The van der Waals surface area contributed by atoms with E-state index >= 15 is 0 Å². The molecule has 5 rings (SSSR count). The molecule has 1 aromatic heterocycles. The summed E-state index contributed by atoms with van der Waals surface area (Å²) in [5.41, 5.74) is 7.10. The van der Waals surface area contributed by atoms with E-state index in [9.17, 15) is 0 Å².